The van der Waals surface area contributed by atoms with Crippen molar-refractivity contribution in [2.45, 2.75) is 0 Å². The van der Waals surface area contributed by atoms with Crippen LogP contribution >= 0.6 is 0 Å². The number of nitrogens with one attached hydrogen (secondary N) is 1. The van der Waals surface area contributed by atoms with Crippen LogP contribution in [0.15, 0.2) is 36.7 Å². The molecule has 0 amide bonds. The second kappa shape index (κ2) is 3.77. The van der Waals surface area contributed by atoms with E-state index in [1.54, 1.807) is 17.0 Å². The number of esters is 1. The van der Waals surface area contributed by atoms with E-state index >= 15 is 0 Å². The van der Waals surface area contributed by atoms with Crippen LogP contribution in [0, 0.1) is 0 Å². The van der Waals surface area contributed by atoms with Crippen molar-refractivity contribution in [1.82, 2.24) is 19.6 Å². The number of aromatic nitrogens is 5. The molecule has 1 N–H and O–H groups in total. The van der Waals surface area contributed by atoms with Gasteiger partial charge < -0.3 is 4.74 Å². The first-order valence-electron chi connectivity index (χ1n) is 6.04. The van der Waals surface area contributed by atoms with Crippen molar-refractivity contribution in [3.05, 3.63) is 42.4 Å². The lowest BCUT2D eigenvalue weighted by atomic mass is 10.2. The van der Waals surface area contributed by atoms with E-state index in [0.717, 1.165) is 10.9 Å². The normalized spacial score (nSPS) is 11.4. The third-order valence-corrected chi connectivity index (χ3v) is 3.27. The second-order valence-electron chi connectivity index (χ2n) is 4.32. The molecule has 20 heavy (non-hydrogen) atoms. The second-order valence-corrected chi connectivity index (χ2v) is 4.32. The molecule has 3 heterocycles. The molecule has 0 bridgehead atoms. The van der Waals surface area contributed by atoms with Gasteiger partial charge in [-0.3, -0.25) is 0 Å². The molecule has 0 radical (unpaired) electrons. The number of fused-ring (bicyclic) bond motifs is 5. The maximum Gasteiger partial charge on any atom is 0.409 e. The SMILES string of the molecule is COC(=O)c1c2ccccc2n2c3nccnc3[nH][n+]12. The van der Waals surface area contributed by atoms with E-state index in [1.807, 2.05) is 28.8 Å². The first-order chi connectivity index (χ1) is 9.81. The average Bonchev–Trinajstić information content (AvgIpc) is 3.00. The third kappa shape index (κ3) is 1.23. The van der Waals surface area contributed by atoms with E-state index in [9.17, 15) is 4.79 Å². The van der Waals surface area contributed by atoms with Gasteiger partial charge in [0.25, 0.3) is 0 Å². The molecule has 7 heteroatoms. The Morgan fingerprint density at radius 2 is 2.10 bits per heavy atom. The van der Waals surface area contributed by atoms with Gasteiger partial charge in [-0.05, 0) is 12.1 Å². The lowest BCUT2D eigenvalue weighted by molar-refractivity contribution is -0.669. The minimum atomic E-state index is -0.416. The number of ether oxygens (including phenoxy) is 1. The van der Waals surface area contributed by atoms with Crippen LogP contribution in [0.1, 0.15) is 10.5 Å². The zero-order chi connectivity index (χ0) is 13.7. The quantitative estimate of drug-likeness (QED) is 0.408. The molecule has 0 aliphatic rings. The Hall–Kier alpha value is -2.96. The van der Waals surface area contributed by atoms with Gasteiger partial charge >= 0.3 is 11.7 Å². The van der Waals surface area contributed by atoms with Gasteiger partial charge in [-0.2, -0.15) is 0 Å². The Bertz CT molecular complexity index is 969. The molecule has 0 aliphatic heterocycles. The highest BCUT2D eigenvalue weighted by molar-refractivity contribution is 6.01. The largest absolute Gasteiger partial charge is 0.461 e. The van der Waals surface area contributed by atoms with Crippen molar-refractivity contribution in [2.24, 2.45) is 0 Å². The van der Waals surface area contributed by atoms with Crippen LogP contribution in [-0.4, -0.2) is 32.7 Å². The molecule has 3 aromatic heterocycles. The third-order valence-electron chi connectivity index (χ3n) is 3.27. The number of carbonyl (C=O) groups is 1. The average molecular weight is 268 g/mol. The van der Waals surface area contributed by atoms with Crippen LogP contribution in [0.2, 0.25) is 0 Å². The summed E-state index contributed by atoms with van der Waals surface area (Å²) in [7, 11) is 1.36. The van der Waals surface area contributed by atoms with Crippen molar-refractivity contribution in [1.29, 1.82) is 0 Å². The molecule has 0 saturated carbocycles. The number of aromatic amines is 1. The molecule has 98 valence electrons. The Morgan fingerprint density at radius 3 is 2.95 bits per heavy atom. The van der Waals surface area contributed by atoms with E-state index < -0.39 is 5.97 Å². The van der Waals surface area contributed by atoms with E-state index in [4.69, 9.17) is 4.74 Å². The number of nitrogens with zero attached hydrogens (tertiary/aromatic N) is 4. The summed E-state index contributed by atoms with van der Waals surface area (Å²) in [5, 5.41) is 3.85. The van der Waals surface area contributed by atoms with Crippen molar-refractivity contribution in [3.8, 4) is 0 Å². The van der Waals surface area contributed by atoms with E-state index in [2.05, 4.69) is 15.1 Å². The van der Waals surface area contributed by atoms with Crippen LogP contribution < -0.4 is 4.63 Å². The summed E-state index contributed by atoms with van der Waals surface area (Å²) in [5.74, 6) is -0.416. The van der Waals surface area contributed by atoms with Crippen molar-refractivity contribution in [3.63, 3.8) is 0 Å². The number of benzene rings is 1. The van der Waals surface area contributed by atoms with Crippen LogP contribution in [0.5, 0.6) is 0 Å². The van der Waals surface area contributed by atoms with Gasteiger partial charge in [-0.15, -0.1) is 5.10 Å². The molecule has 1 aromatic carbocycles. The molecule has 0 spiro atoms. The molecule has 7 nitrogen and oxygen atoms in total. The van der Waals surface area contributed by atoms with Gasteiger partial charge in [0.2, 0.25) is 11.3 Å². The zero-order valence-electron chi connectivity index (χ0n) is 10.6. The van der Waals surface area contributed by atoms with Crippen molar-refractivity contribution >= 4 is 28.2 Å². The molecule has 4 rings (SSSR count). The summed E-state index contributed by atoms with van der Waals surface area (Å²) in [6, 6.07) is 7.58. The molecule has 0 atom stereocenters. The van der Waals surface area contributed by atoms with Gasteiger partial charge in [0.15, 0.2) is 0 Å². The number of H-pyrrole nitrogens is 1. The lowest BCUT2D eigenvalue weighted by Gasteiger charge is -1.89. The Kier molecular flexibility index (Phi) is 2.06. The highest BCUT2D eigenvalue weighted by atomic mass is 16.5. The van der Waals surface area contributed by atoms with Gasteiger partial charge in [0.1, 0.15) is 5.52 Å². The minimum absolute atomic E-state index is 0.416. The number of carbonyl (C=O) groups excluding carboxylic acids is 1. The summed E-state index contributed by atoms with van der Waals surface area (Å²) in [5.41, 5.74) is 2.53. The lowest BCUT2D eigenvalue weighted by Crippen LogP contribution is -2.35. The fourth-order valence-electron chi connectivity index (χ4n) is 2.45. The number of hydrogen-bond acceptors (Lipinski definition) is 4. The van der Waals surface area contributed by atoms with Crippen LogP contribution in [0.3, 0.4) is 0 Å². The number of rotatable bonds is 1. The minimum Gasteiger partial charge on any atom is -0.461 e. The molecule has 0 unspecified atom stereocenters. The summed E-state index contributed by atoms with van der Waals surface area (Å²) < 4.78 is 8.29. The monoisotopic (exact) mass is 268 g/mol. The van der Waals surface area contributed by atoms with Crippen LogP contribution in [0.25, 0.3) is 22.2 Å². The van der Waals surface area contributed by atoms with Crippen LogP contribution in [-0.2, 0) is 4.74 Å². The topological polar surface area (TPSA) is 76.4 Å². The summed E-state index contributed by atoms with van der Waals surface area (Å²) in [6.45, 7) is 0. The fourth-order valence-corrected chi connectivity index (χ4v) is 2.45. The highest BCUT2D eigenvalue weighted by Crippen LogP contribution is 2.19. The predicted molar refractivity (Wildman–Crippen MR) is 69.3 cm³/mol. The Morgan fingerprint density at radius 1 is 1.30 bits per heavy atom. The van der Waals surface area contributed by atoms with Crippen molar-refractivity contribution < 1.29 is 14.2 Å². The summed E-state index contributed by atoms with van der Waals surface area (Å²) in [4.78, 5) is 20.6. The first kappa shape index (κ1) is 10.9. The summed E-state index contributed by atoms with van der Waals surface area (Å²) in [6.07, 6.45) is 3.21. The number of methoxy groups -OCH3 is 1. The maximum absolute atomic E-state index is 12.1. The molecule has 0 fully saturated rings. The zero-order valence-corrected chi connectivity index (χ0v) is 10.6. The van der Waals surface area contributed by atoms with E-state index in [0.29, 0.717) is 17.0 Å². The predicted octanol–water partition coefficient (Wildman–Crippen LogP) is 0.736. The van der Waals surface area contributed by atoms with E-state index in [-0.39, 0.29) is 0 Å². The van der Waals surface area contributed by atoms with Gasteiger partial charge in [0.05, 0.1) is 12.5 Å². The molecular formula is C13H10N5O2+. The van der Waals surface area contributed by atoms with Gasteiger partial charge in [0, 0.05) is 17.0 Å². The van der Waals surface area contributed by atoms with Gasteiger partial charge in [-0.25, -0.2) is 14.8 Å². The Labute approximate surface area is 112 Å². The molecule has 0 aliphatic carbocycles. The van der Waals surface area contributed by atoms with E-state index in [1.165, 1.54) is 7.11 Å². The molecular weight excluding hydrogens is 258 g/mol. The maximum atomic E-state index is 12.1. The van der Waals surface area contributed by atoms with Crippen LogP contribution in [0.4, 0.5) is 0 Å². The van der Waals surface area contributed by atoms with Crippen molar-refractivity contribution in [2.75, 3.05) is 7.11 Å². The summed E-state index contributed by atoms with van der Waals surface area (Å²) >= 11 is 0. The Balaban J connectivity index is 2.31. The van der Waals surface area contributed by atoms with Gasteiger partial charge in [-0.1, -0.05) is 16.6 Å². The standard InChI is InChI=1S/C13H9N5O2/c1-20-13(19)10-8-4-2-3-5-9(8)17-12-11(16-18(10)17)14-6-7-15-12/h2-7H,1H3/p+1. The number of para-hydroxylation sites is 1. The smallest absolute Gasteiger partial charge is 0.409 e. The molecule has 4 aromatic rings. The highest BCUT2D eigenvalue weighted by Gasteiger charge is 2.31. The first-order valence-corrected chi connectivity index (χ1v) is 6.04. The number of hydrogen-bond donors (Lipinski definition) is 1. The molecule has 0 saturated heterocycles. The fraction of sp³-hybridized carbons (Fsp3) is 0.0769.